The van der Waals surface area contributed by atoms with Crippen molar-refractivity contribution in [3.05, 3.63) is 35.6 Å². The molecule has 0 spiro atoms. The first-order valence-electron chi connectivity index (χ1n) is 5.43. The summed E-state index contributed by atoms with van der Waals surface area (Å²) in [6.45, 7) is 1.45. The number of carbonyl (C=O) groups excluding carboxylic acids is 1. The summed E-state index contributed by atoms with van der Waals surface area (Å²) in [5, 5.41) is 11.3. The minimum Gasteiger partial charge on any atom is -0.480 e. The molecule has 0 fully saturated rings. The molecule has 0 aliphatic carbocycles. The third-order valence-electron chi connectivity index (χ3n) is 2.36. The molecular formula is C12H15FN2O3. The number of carbonyl (C=O) groups is 2. The summed E-state index contributed by atoms with van der Waals surface area (Å²) in [4.78, 5) is 22.3. The van der Waals surface area contributed by atoms with Gasteiger partial charge in [-0.25, -0.2) is 9.18 Å². The molecule has 1 unspecified atom stereocenters. The Morgan fingerprint density at radius 2 is 2.17 bits per heavy atom. The maximum Gasteiger partial charge on any atom is 0.326 e. The lowest BCUT2D eigenvalue weighted by molar-refractivity contribution is -0.141. The molecule has 0 radical (unpaired) electrons. The molecule has 0 aliphatic heterocycles. The van der Waals surface area contributed by atoms with E-state index in [0.29, 0.717) is 5.56 Å². The molecular weight excluding hydrogens is 239 g/mol. The van der Waals surface area contributed by atoms with Crippen LogP contribution >= 0.6 is 0 Å². The molecule has 18 heavy (non-hydrogen) atoms. The van der Waals surface area contributed by atoms with E-state index in [9.17, 15) is 14.0 Å². The SMILES string of the molecule is CC(N)C(=O)N[C@@H](Cc1cccc(F)c1)C(=O)O. The number of benzene rings is 1. The highest BCUT2D eigenvalue weighted by Crippen LogP contribution is 2.07. The Labute approximate surface area is 104 Å². The second-order valence-electron chi connectivity index (χ2n) is 4.02. The lowest BCUT2D eigenvalue weighted by Crippen LogP contribution is -2.48. The minimum absolute atomic E-state index is 0.00551. The van der Waals surface area contributed by atoms with E-state index < -0.39 is 29.8 Å². The van der Waals surface area contributed by atoms with Crippen LogP contribution in [0.3, 0.4) is 0 Å². The molecule has 0 aliphatic rings. The zero-order valence-corrected chi connectivity index (χ0v) is 9.89. The zero-order valence-electron chi connectivity index (χ0n) is 9.89. The van der Waals surface area contributed by atoms with Crippen molar-refractivity contribution in [3.8, 4) is 0 Å². The highest BCUT2D eigenvalue weighted by atomic mass is 19.1. The van der Waals surface area contributed by atoms with Gasteiger partial charge < -0.3 is 16.2 Å². The van der Waals surface area contributed by atoms with E-state index in [0.717, 1.165) is 0 Å². The second kappa shape index (κ2) is 6.11. The average molecular weight is 254 g/mol. The quantitative estimate of drug-likeness (QED) is 0.704. The largest absolute Gasteiger partial charge is 0.480 e. The first-order valence-corrected chi connectivity index (χ1v) is 5.43. The van der Waals surface area contributed by atoms with E-state index in [1.165, 1.54) is 25.1 Å². The molecule has 0 aromatic heterocycles. The Morgan fingerprint density at radius 1 is 1.50 bits per heavy atom. The summed E-state index contributed by atoms with van der Waals surface area (Å²) in [7, 11) is 0. The van der Waals surface area contributed by atoms with Gasteiger partial charge in [-0.3, -0.25) is 4.79 Å². The fourth-order valence-electron chi connectivity index (χ4n) is 1.40. The van der Waals surface area contributed by atoms with Crippen LogP contribution in [0.2, 0.25) is 0 Å². The van der Waals surface area contributed by atoms with Crippen LogP contribution in [0.15, 0.2) is 24.3 Å². The van der Waals surface area contributed by atoms with Gasteiger partial charge in [0.25, 0.3) is 0 Å². The van der Waals surface area contributed by atoms with Gasteiger partial charge in [0.2, 0.25) is 5.91 Å². The molecule has 4 N–H and O–H groups in total. The number of nitrogens with one attached hydrogen (secondary N) is 1. The molecule has 1 aromatic rings. The van der Waals surface area contributed by atoms with Gasteiger partial charge in [0.15, 0.2) is 0 Å². The van der Waals surface area contributed by atoms with Crippen LogP contribution in [0.5, 0.6) is 0 Å². The van der Waals surface area contributed by atoms with E-state index in [1.807, 2.05) is 0 Å². The van der Waals surface area contributed by atoms with Crippen LogP contribution in [0, 0.1) is 5.82 Å². The summed E-state index contributed by atoms with van der Waals surface area (Å²) in [6.07, 6.45) is 0.00551. The highest BCUT2D eigenvalue weighted by Gasteiger charge is 2.21. The number of halogens is 1. The van der Waals surface area contributed by atoms with Gasteiger partial charge in [-0.1, -0.05) is 12.1 Å². The molecule has 0 saturated carbocycles. The van der Waals surface area contributed by atoms with E-state index in [2.05, 4.69) is 5.32 Å². The van der Waals surface area contributed by atoms with Crippen LogP contribution in [0.1, 0.15) is 12.5 Å². The van der Waals surface area contributed by atoms with Crippen molar-refractivity contribution in [2.45, 2.75) is 25.4 Å². The summed E-state index contributed by atoms with van der Waals surface area (Å²) >= 11 is 0. The number of hydrogen-bond acceptors (Lipinski definition) is 3. The van der Waals surface area contributed by atoms with Gasteiger partial charge in [0.05, 0.1) is 6.04 Å². The van der Waals surface area contributed by atoms with Crippen molar-refractivity contribution >= 4 is 11.9 Å². The third kappa shape index (κ3) is 4.14. The number of aliphatic carboxylic acids is 1. The van der Waals surface area contributed by atoms with E-state index >= 15 is 0 Å². The summed E-state index contributed by atoms with van der Waals surface area (Å²) in [5.74, 6) is -2.19. The molecule has 2 atom stereocenters. The lowest BCUT2D eigenvalue weighted by Gasteiger charge is -2.16. The van der Waals surface area contributed by atoms with Crippen LogP contribution in [-0.2, 0) is 16.0 Å². The van der Waals surface area contributed by atoms with Crippen LogP contribution in [0.25, 0.3) is 0 Å². The Balaban J connectivity index is 2.75. The average Bonchev–Trinajstić information content (AvgIpc) is 2.27. The first kappa shape index (κ1) is 14.1. The van der Waals surface area contributed by atoms with Gasteiger partial charge in [0, 0.05) is 6.42 Å². The minimum atomic E-state index is -1.19. The van der Waals surface area contributed by atoms with Crippen molar-refractivity contribution in [2.75, 3.05) is 0 Å². The number of rotatable bonds is 5. The third-order valence-corrected chi connectivity index (χ3v) is 2.36. The van der Waals surface area contributed by atoms with E-state index in [4.69, 9.17) is 10.8 Å². The monoisotopic (exact) mass is 254 g/mol. The van der Waals surface area contributed by atoms with Crippen molar-refractivity contribution in [2.24, 2.45) is 5.73 Å². The van der Waals surface area contributed by atoms with Gasteiger partial charge in [-0.2, -0.15) is 0 Å². The van der Waals surface area contributed by atoms with Crippen molar-refractivity contribution in [1.82, 2.24) is 5.32 Å². The lowest BCUT2D eigenvalue weighted by atomic mass is 10.1. The van der Waals surface area contributed by atoms with Gasteiger partial charge in [-0.05, 0) is 24.6 Å². The molecule has 0 bridgehead atoms. The number of amides is 1. The topological polar surface area (TPSA) is 92.4 Å². The first-order chi connectivity index (χ1) is 8.40. The molecule has 1 rings (SSSR count). The highest BCUT2D eigenvalue weighted by molar-refractivity contribution is 5.86. The standard InChI is InChI=1S/C12H15FN2O3/c1-7(14)11(16)15-10(12(17)18)6-8-3-2-4-9(13)5-8/h2-5,7,10H,6,14H2,1H3,(H,15,16)(H,17,18)/t7?,10-/m0/s1. The molecule has 0 saturated heterocycles. The zero-order chi connectivity index (χ0) is 13.7. The Hall–Kier alpha value is -1.95. The summed E-state index contributed by atoms with van der Waals surface area (Å²) in [5.41, 5.74) is 5.83. The van der Waals surface area contributed by atoms with Gasteiger partial charge in [-0.15, -0.1) is 0 Å². The molecule has 5 nitrogen and oxygen atoms in total. The number of nitrogens with two attached hydrogens (primary N) is 1. The molecule has 1 amide bonds. The van der Waals surface area contributed by atoms with Crippen molar-refractivity contribution < 1.29 is 19.1 Å². The van der Waals surface area contributed by atoms with Crippen molar-refractivity contribution in [1.29, 1.82) is 0 Å². The van der Waals surface area contributed by atoms with Crippen LogP contribution in [0.4, 0.5) is 4.39 Å². The van der Waals surface area contributed by atoms with Gasteiger partial charge >= 0.3 is 5.97 Å². The fourth-order valence-corrected chi connectivity index (χ4v) is 1.40. The molecule has 1 aromatic carbocycles. The normalized spacial score (nSPS) is 13.7. The Kier molecular flexibility index (Phi) is 4.79. The second-order valence-corrected chi connectivity index (χ2v) is 4.02. The Morgan fingerprint density at radius 3 is 2.67 bits per heavy atom. The molecule has 98 valence electrons. The van der Waals surface area contributed by atoms with E-state index in [-0.39, 0.29) is 6.42 Å². The van der Waals surface area contributed by atoms with Gasteiger partial charge in [0.1, 0.15) is 11.9 Å². The van der Waals surface area contributed by atoms with Crippen LogP contribution in [-0.4, -0.2) is 29.1 Å². The number of carboxylic acid groups (broad SMARTS) is 1. The summed E-state index contributed by atoms with van der Waals surface area (Å²) < 4.78 is 13.0. The van der Waals surface area contributed by atoms with Crippen LogP contribution < -0.4 is 11.1 Å². The molecule has 6 heteroatoms. The molecule has 0 heterocycles. The Bertz CT molecular complexity index is 449. The van der Waals surface area contributed by atoms with Crippen molar-refractivity contribution in [3.63, 3.8) is 0 Å². The van der Waals surface area contributed by atoms with E-state index in [1.54, 1.807) is 6.07 Å². The predicted octanol–water partition coefficient (Wildman–Crippen LogP) is 0.285. The smallest absolute Gasteiger partial charge is 0.326 e. The number of hydrogen-bond donors (Lipinski definition) is 3. The fraction of sp³-hybridized carbons (Fsp3) is 0.333. The maximum absolute atomic E-state index is 13.0. The number of carboxylic acids is 1. The summed E-state index contributed by atoms with van der Waals surface area (Å²) in [6, 6.07) is 3.66. The predicted molar refractivity (Wildman–Crippen MR) is 63.3 cm³/mol. The maximum atomic E-state index is 13.0.